The lowest BCUT2D eigenvalue weighted by Crippen LogP contribution is -2.48. The Morgan fingerprint density at radius 3 is 2.66 bits per heavy atom. The monoisotopic (exact) mass is 458 g/mol. The fourth-order valence-corrected chi connectivity index (χ4v) is 4.24. The van der Waals surface area contributed by atoms with E-state index < -0.39 is 6.29 Å². The summed E-state index contributed by atoms with van der Waals surface area (Å²) in [5, 5.41) is 1.06. The number of hydrogen-bond acceptors (Lipinski definition) is 6. The van der Waals surface area contributed by atoms with Crippen molar-refractivity contribution in [3.63, 3.8) is 0 Å². The lowest BCUT2D eigenvalue weighted by Gasteiger charge is -2.35. The van der Waals surface area contributed by atoms with Crippen LogP contribution in [-0.2, 0) is 4.79 Å². The van der Waals surface area contributed by atoms with Crippen molar-refractivity contribution in [2.45, 2.75) is 6.29 Å². The maximum absolute atomic E-state index is 13.6. The highest BCUT2D eigenvalue weighted by atomic mass is 35.5. The molecule has 3 heterocycles. The Morgan fingerprint density at radius 1 is 1.12 bits per heavy atom. The number of alkyl halides is 2. The molecule has 0 atom stereocenters. The van der Waals surface area contributed by atoms with E-state index >= 15 is 0 Å². The van der Waals surface area contributed by atoms with Crippen LogP contribution in [0.4, 0.5) is 14.6 Å². The molecule has 3 aromatic rings. The van der Waals surface area contributed by atoms with Crippen molar-refractivity contribution in [1.29, 1.82) is 0 Å². The molecular weight excluding hydrogens is 442 g/mol. The lowest BCUT2D eigenvalue weighted by atomic mass is 10.0. The first kappa shape index (κ1) is 20.4. The summed E-state index contributed by atoms with van der Waals surface area (Å²) in [5.41, 5.74) is 1.47. The molecule has 0 aliphatic carbocycles. The van der Waals surface area contributed by atoms with E-state index in [2.05, 4.69) is 26.2 Å². The van der Waals surface area contributed by atoms with Gasteiger partial charge in [-0.05, 0) is 24.3 Å². The molecule has 0 bridgehead atoms. The van der Waals surface area contributed by atoms with E-state index in [4.69, 9.17) is 16.3 Å². The van der Waals surface area contributed by atoms with Crippen LogP contribution in [-0.4, -0.2) is 53.2 Å². The third kappa shape index (κ3) is 3.48. The molecule has 1 aromatic heterocycles. The molecular formula is C22H17ClF2N4O3. The van der Waals surface area contributed by atoms with E-state index in [1.807, 2.05) is 0 Å². The molecule has 0 saturated carbocycles. The van der Waals surface area contributed by atoms with Gasteiger partial charge >= 0.3 is 6.29 Å². The number of hydrogen-bond donors (Lipinski definition) is 0. The second kappa shape index (κ2) is 7.59. The van der Waals surface area contributed by atoms with E-state index in [0.29, 0.717) is 53.7 Å². The number of carbonyl (C=O) groups is 1. The maximum atomic E-state index is 13.6. The van der Waals surface area contributed by atoms with Gasteiger partial charge in [0.05, 0.1) is 5.52 Å². The summed E-state index contributed by atoms with van der Waals surface area (Å²) in [7, 11) is 0. The van der Waals surface area contributed by atoms with Crippen LogP contribution < -0.4 is 14.4 Å². The molecule has 0 N–H and O–H groups in total. The quantitative estimate of drug-likeness (QED) is 0.550. The van der Waals surface area contributed by atoms with Crippen molar-refractivity contribution in [1.82, 2.24) is 14.9 Å². The molecule has 164 valence electrons. The van der Waals surface area contributed by atoms with Gasteiger partial charge in [-0.1, -0.05) is 30.3 Å². The van der Waals surface area contributed by atoms with Gasteiger partial charge in [0.2, 0.25) is 5.91 Å². The van der Waals surface area contributed by atoms with E-state index in [-0.39, 0.29) is 17.4 Å². The molecule has 1 amide bonds. The Kier molecular flexibility index (Phi) is 4.85. The average molecular weight is 459 g/mol. The van der Waals surface area contributed by atoms with Crippen LogP contribution in [0.25, 0.3) is 22.0 Å². The Morgan fingerprint density at radius 2 is 1.91 bits per heavy atom. The van der Waals surface area contributed by atoms with Gasteiger partial charge in [0.1, 0.15) is 12.1 Å². The van der Waals surface area contributed by atoms with Gasteiger partial charge in [0.25, 0.3) is 0 Å². The molecule has 2 aromatic carbocycles. The fourth-order valence-electron chi connectivity index (χ4n) is 3.97. The first-order valence-corrected chi connectivity index (χ1v) is 10.2. The lowest BCUT2D eigenvalue weighted by molar-refractivity contribution is -0.286. The van der Waals surface area contributed by atoms with Crippen molar-refractivity contribution in [2.24, 2.45) is 0 Å². The van der Waals surface area contributed by atoms with Crippen LogP contribution in [0.5, 0.6) is 11.5 Å². The summed E-state index contributed by atoms with van der Waals surface area (Å²) in [6, 6.07) is 8.07. The molecule has 32 heavy (non-hydrogen) atoms. The number of ether oxygens (including phenoxy) is 2. The number of para-hydroxylation sites is 1. The number of piperazine rings is 1. The highest BCUT2D eigenvalue weighted by Crippen LogP contribution is 2.48. The number of carbonyl (C=O) groups excluding carboxylic acids is 1. The normalized spacial score (nSPS) is 17.0. The molecule has 0 unspecified atom stereocenters. The minimum Gasteiger partial charge on any atom is -0.395 e. The molecule has 2 aliphatic heterocycles. The second-order valence-corrected chi connectivity index (χ2v) is 7.77. The fraction of sp³-hybridized carbons (Fsp3) is 0.227. The van der Waals surface area contributed by atoms with Gasteiger partial charge in [-0.2, -0.15) is 0 Å². The zero-order valence-electron chi connectivity index (χ0n) is 16.7. The van der Waals surface area contributed by atoms with Gasteiger partial charge < -0.3 is 19.3 Å². The number of halogens is 3. The summed E-state index contributed by atoms with van der Waals surface area (Å²) in [4.78, 5) is 24.4. The highest BCUT2D eigenvalue weighted by Gasteiger charge is 2.44. The SMILES string of the molecule is C=CC(=O)N1CCN(c2ncnc3cc(-c4cccc5c4OC(F)(F)O5)c(Cl)cc23)CC1. The van der Waals surface area contributed by atoms with Crippen LogP contribution in [0.2, 0.25) is 5.02 Å². The average Bonchev–Trinajstić information content (AvgIpc) is 3.12. The number of benzene rings is 2. The molecule has 2 aliphatic rings. The predicted octanol–water partition coefficient (Wildman–Crippen LogP) is 4.11. The first-order chi connectivity index (χ1) is 15.4. The minimum absolute atomic E-state index is 0.0565. The van der Waals surface area contributed by atoms with Crippen LogP contribution in [0, 0.1) is 0 Å². The number of rotatable bonds is 3. The predicted molar refractivity (Wildman–Crippen MR) is 115 cm³/mol. The Bertz CT molecular complexity index is 1250. The largest absolute Gasteiger partial charge is 0.586 e. The topological polar surface area (TPSA) is 67.8 Å². The van der Waals surface area contributed by atoms with Gasteiger partial charge in [-0.25, -0.2) is 9.97 Å². The third-order valence-corrected chi connectivity index (χ3v) is 5.80. The summed E-state index contributed by atoms with van der Waals surface area (Å²) >= 11 is 6.58. The van der Waals surface area contributed by atoms with E-state index in [0.717, 1.165) is 5.39 Å². The minimum atomic E-state index is -3.73. The Hall–Kier alpha value is -3.46. The van der Waals surface area contributed by atoms with Crippen molar-refractivity contribution < 1.29 is 23.0 Å². The molecule has 0 spiro atoms. The van der Waals surface area contributed by atoms with Gasteiger partial charge in [0, 0.05) is 47.7 Å². The summed E-state index contributed by atoms with van der Waals surface area (Å²) in [6.45, 7) is 5.81. The molecule has 7 nitrogen and oxygen atoms in total. The van der Waals surface area contributed by atoms with Gasteiger partial charge in [0.15, 0.2) is 11.5 Å². The van der Waals surface area contributed by atoms with E-state index in [1.165, 1.54) is 18.5 Å². The molecule has 10 heteroatoms. The molecule has 1 fully saturated rings. The first-order valence-electron chi connectivity index (χ1n) is 9.86. The van der Waals surface area contributed by atoms with Crippen molar-refractivity contribution in [2.75, 3.05) is 31.1 Å². The second-order valence-electron chi connectivity index (χ2n) is 7.36. The number of aromatic nitrogens is 2. The van der Waals surface area contributed by atoms with E-state index in [9.17, 15) is 13.6 Å². The van der Waals surface area contributed by atoms with Gasteiger partial charge in [-0.15, -0.1) is 8.78 Å². The van der Waals surface area contributed by atoms with E-state index in [1.54, 1.807) is 29.2 Å². The molecule has 5 rings (SSSR count). The number of nitrogens with zero attached hydrogens (tertiary/aromatic N) is 4. The van der Waals surface area contributed by atoms with Gasteiger partial charge in [-0.3, -0.25) is 4.79 Å². The Labute approximate surface area is 186 Å². The third-order valence-electron chi connectivity index (χ3n) is 5.49. The number of fused-ring (bicyclic) bond motifs is 2. The van der Waals surface area contributed by atoms with Crippen molar-refractivity contribution in [3.8, 4) is 22.6 Å². The molecule has 0 radical (unpaired) electrons. The maximum Gasteiger partial charge on any atom is 0.586 e. The number of amides is 1. The van der Waals surface area contributed by atoms with Crippen molar-refractivity contribution in [3.05, 3.63) is 54.3 Å². The van der Waals surface area contributed by atoms with Crippen LogP contribution in [0.15, 0.2) is 49.3 Å². The summed E-state index contributed by atoms with van der Waals surface area (Å²) in [6.07, 6.45) is -0.978. The van der Waals surface area contributed by atoms with Crippen LogP contribution in [0.1, 0.15) is 0 Å². The van der Waals surface area contributed by atoms with Crippen LogP contribution in [0.3, 0.4) is 0 Å². The highest BCUT2D eigenvalue weighted by molar-refractivity contribution is 6.34. The molecule has 1 saturated heterocycles. The smallest absolute Gasteiger partial charge is 0.395 e. The zero-order valence-corrected chi connectivity index (χ0v) is 17.5. The summed E-state index contributed by atoms with van der Waals surface area (Å²) in [5.74, 6) is 0.464. The summed E-state index contributed by atoms with van der Waals surface area (Å²) < 4.78 is 36.5. The van der Waals surface area contributed by atoms with Crippen LogP contribution >= 0.6 is 11.6 Å². The Balaban J connectivity index is 1.52. The standard InChI is InChI=1S/C22H17ClF2N4O3/c1-2-19(30)28-6-8-29(9-7-28)21-15-10-16(23)14(11-17(15)26-12-27-21)13-4-3-5-18-20(13)32-22(24,25)31-18/h2-5,10-12H,1,6-9H2. The van der Waals surface area contributed by atoms with Crippen molar-refractivity contribution >= 4 is 34.2 Å². The zero-order chi connectivity index (χ0) is 22.5. The number of anilines is 1.